The van der Waals surface area contributed by atoms with E-state index in [9.17, 15) is 9.90 Å². The summed E-state index contributed by atoms with van der Waals surface area (Å²) in [5, 5.41) is 13.0. The third-order valence-corrected chi connectivity index (χ3v) is 6.93. The SMILES string of the molecule is C=C(Nc1cccc(O)c1)C1CCN(CC(=S)N2CCN(c3ccc(C(C)=O)cc3)CC2)C1. The molecule has 174 valence electrons. The number of carbonyl (C=O) groups is 1. The van der Waals surface area contributed by atoms with Crippen LogP contribution in [-0.2, 0) is 0 Å². The van der Waals surface area contributed by atoms with E-state index >= 15 is 0 Å². The Kier molecular flexibility index (Phi) is 7.30. The molecule has 2 aliphatic heterocycles. The second-order valence-electron chi connectivity index (χ2n) is 8.89. The summed E-state index contributed by atoms with van der Waals surface area (Å²) in [5.74, 6) is 0.712. The number of hydrogen-bond acceptors (Lipinski definition) is 6. The summed E-state index contributed by atoms with van der Waals surface area (Å²) in [6.45, 7) is 12.2. The average molecular weight is 465 g/mol. The molecule has 0 aromatic heterocycles. The van der Waals surface area contributed by atoms with Crippen LogP contribution in [0.15, 0.2) is 60.8 Å². The third-order valence-electron chi connectivity index (χ3n) is 6.55. The Labute approximate surface area is 201 Å². The number of thiocarbonyl (C=S) groups is 1. The summed E-state index contributed by atoms with van der Waals surface area (Å²) in [6, 6.07) is 15.0. The van der Waals surface area contributed by atoms with E-state index in [1.165, 1.54) is 0 Å². The van der Waals surface area contributed by atoms with Crippen LogP contribution in [0.5, 0.6) is 5.75 Å². The lowest BCUT2D eigenvalue weighted by Crippen LogP contribution is -2.50. The van der Waals surface area contributed by atoms with Gasteiger partial charge in [-0.3, -0.25) is 9.69 Å². The number of phenolic OH excluding ortho intramolecular Hbond substituents is 1. The predicted molar refractivity (Wildman–Crippen MR) is 138 cm³/mol. The van der Waals surface area contributed by atoms with Crippen LogP contribution in [0.2, 0.25) is 0 Å². The molecule has 0 spiro atoms. The van der Waals surface area contributed by atoms with Gasteiger partial charge in [-0.05, 0) is 56.3 Å². The highest BCUT2D eigenvalue weighted by molar-refractivity contribution is 7.80. The Morgan fingerprint density at radius 3 is 2.52 bits per heavy atom. The van der Waals surface area contributed by atoms with Crippen LogP contribution < -0.4 is 10.2 Å². The molecule has 2 fully saturated rings. The molecule has 2 heterocycles. The Morgan fingerprint density at radius 1 is 1.12 bits per heavy atom. The summed E-state index contributed by atoms with van der Waals surface area (Å²) in [5.41, 5.74) is 3.76. The van der Waals surface area contributed by atoms with Gasteiger partial charge in [0.05, 0.1) is 4.99 Å². The lowest BCUT2D eigenvalue weighted by Gasteiger charge is -2.38. The number of benzene rings is 2. The van der Waals surface area contributed by atoms with Gasteiger partial charge in [0.25, 0.3) is 0 Å². The van der Waals surface area contributed by atoms with Crippen molar-refractivity contribution in [3.8, 4) is 5.75 Å². The van der Waals surface area contributed by atoms with E-state index in [2.05, 4.69) is 26.6 Å². The van der Waals surface area contributed by atoms with Gasteiger partial charge in [0.15, 0.2) is 5.78 Å². The van der Waals surface area contributed by atoms with Crippen molar-refractivity contribution in [3.63, 3.8) is 0 Å². The molecule has 0 saturated carbocycles. The topological polar surface area (TPSA) is 59.1 Å². The van der Waals surface area contributed by atoms with E-state index in [0.717, 1.165) is 79.9 Å². The number of nitrogens with one attached hydrogen (secondary N) is 1. The van der Waals surface area contributed by atoms with Crippen LogP contribution in [0, 0.1) is 5.92 Å². The Bertz CT molecular complexity index is 1020. The zero-order chi connectivity index (χ0) is 23.4. The van der Waals surface area contributed by atoms with Crippen molar-refractivity contribution in [2.24, 2.45) is 5.92 Å². The predicted octanol–water partition coefficient (Wildman–Crippen LogP) is 3.99. The van der Waals surface area contributed by atoms with Gasteiger partial charge in [-0.1, -0.05) is 24.9 Å². The number of anilines is 2. The third kappa shape index (κ3) is 5.92. The Morgan fingerprint density at radius 2 is 1.85 bits per heavy atom. The summed E-state index contributed by atoms with van der Waals surface area (Å²) >= 11 is 5.80. The first-order chi connectivity index (χ1) is 15.9. The normalized spacial score (nSPS) is 18.9. The molecule has 2 aromatic rings. The second kappa shape index (κ2) is 10.4. The molecule has 0 amide bonds. The minimum atomic E-state index is 0.0968. The summed E-state index contributed by atoms with van der Waals surface area (Å²) in [4.78, 5) is 19.6. The second-order valence-corrected chi connectivity index (χ2v) is 9.36. The standard InChI is InChI=1S/C26H32N4O2S/c1-19(27-23-4-3-5-25(32)16-23)22-10-11-28(17-22)18-26(33)30-14-12-29(13-15-30)24-8-6-21(7-9-24)20(2)31/h3-9,16,22,27,32H,1,10-15,17-18H2,2H3. The zero-order valence-electron chi connectivity index (χ0n) is 19.2. The van der Waals surface area contributed by atoms with E-state index in [0.29, 0.717) is 5.92 Å². The fraction of sp³-hybridized carbons (Fsp3) is 0.385. The maximum atomic E-state index is 11.5. The molecule has 6 nitrogen and oxygen atoms in total. The van der Waals surface area contributed by atoms with Gasteiger partial charge in [-0.15, -0.1) is 0 Å². The number of likely N-dealkylation sites (tertiary alicyclic amines) is 1. The highest BCUT2D eigenvalue weighted by Crippen LogP contribution is 2.26. The van der Waals surface area contributed by atoms with Gasteiger partial charge >= 0.3 is 0 Å². The minimum absolute atomic E-state index is 0.0968. The van der Waals surface area contributed by atoms with Crippen molar-refractivity contribution in [2.75, 3.05) is 56.0 Å². The molecular formula is C26H32N4O2S. The van der Waals surface area contributed by atoms with Crippen LogP contribution in [0.3, 0.4) is 0 Å². The van der Waals surface area contributed by atoms with Crippen molar-refractivity contribution in [1.82, 2.24) is 9.80 Å². The lowest BCUT2D eigenvalue weighted by atomic mass is 10.1. The van der Waals surface area contributed by atoms with Crippen molar-refractivity contribution in [1.29, 1.82) is 0 Å². The number of carbonyl (C=O) groups excluding carboxylic acids is 1. The minimum Gasteiger partial charge on any atom is -0.508 e. The van der Waals surface area contributed by atoms with Gasteiger partial charge in [0, 0.05) is 73.9 Å². The highest BCUT2D eigenvalue weighted by Gasteiger charge is 2.27. The number of nitrogens with zero attached hydrogens (tertiary/aromatic N) is 3. The molecule has 2 aliphatic rings. The van der Waals surface area contributed by atoms with Gasteiger partial charge in [0.1, 0.15) is 5.75 Å². The molecule has 2 N–H and O–H groups in total. The molecule has 1 atom stereocenters. The van der Waals surface area contributed by atoms with Crippen molar-refractivity contribution in [3.05, 3.63) is 66.4 Å². The first kappa shape index (κ1) is 23.3. The van der Waals surface area contributed by atoms with Crippen molar-refractivity contribution < 1.29 is 9.90 Å². The number of hydrogen-bond donors (Lipinski definition) is 2. The maximum absolute atomic E-state index is 11.5. The maximum Gasteiger partial charge on any atom is 0.159 e. The van der Waals surface area contributed by atoms with E-state index in [1.807, 2.05) is 36.4 Å². The number of phenols is 1. The molecule has 2 saturated heterocycles. The van der Waals surface area contributed by atoms with E-state index in [1.54, 1.807) is 19.1 Å². The van der Waals surface area contributed by atoms with Crippen LogP contribution in [0.1, 0.15) is 23.7 Å². The average Bonchev–Trinajstić information content (AvgIpc) is 3.28. The van der Waals surface area contributed by atoms with Gasteiger partial charge < -0.3 is 20.2 Å². The van der Waals surface area contributed by atoms with Crippen LogP contribution >= 0.6 is 12.2 Å². The van der Waals surface area contributed by atoms with E-state index < -0.39 is 0 Å². The molecule has 4 rings (SSSR count). The quantitative estimate of drug-likeness (QED) is 0.475. The van der Waals surface area contributed by atoms with Crippen molar-refractivity contribution in [2.45, 2.75) is 13.3 Å². The molecule has 1 unspecified atom stereocenters. The zero-order valence-corrected chi connectivity index (χ0v) is 20.0. The fourth-order valence-electron chi connectivity index (χ4n) is 4.54. The molecular weight excluding hydrogens is 432 g/mol. The van der Waals surface area contributed by atoms with Crippen LogP contribution in [0.25, 0.3) is 0 Å². The van der Waals surface area contributed by atoms with Crippen LogP contribution in [-0.4, -0.2) is 71.5 Å². The van der Waals surface area contributed by atoms with E-state index in [-0.39, 0.29) is 11.5 Å². The molecule has 2 aromatic carbocycles. The number of Topliss-reactive ketones (excluding diaryl/α,β-unsaturated/α-hetero) is 1. The Balaban J connectivity index is 1.22. The number of ketones is 1. The molecule has 0 radical (unpaired) electrons. The summed E-state index contributed by atoms with van der Waals surface area (Å²) < 4.78 is 0. The van der Waals surface area contributed by atoms with Crippen LogP contribution in [0.4, 0.5) is 11.4 Å². The molecule has 33 heavy (non-hydrogen) atoms. The van der Waals surface area contributed by atoms with E-state index in [4.69, 9.17) is 12.2 Å². The number of rotatable bonds is 7. The smallest absolute Gasteiger partial charge is 0.159 e. The van der Waals surface area contributed by atoms with Gasteiger partial charge in [-0.25, -0.2) is 0 Å². The molecule has 0 bridgehead atoms. The Hall–Kier alpha value is -2.90. The van der Waals surface area contributed by atoms with Crippen molar-refractivity contribution >= 4 is 34.4 Å². The molecule has 0 aliphatic carbocycles. The lowest BCUT2D eigenvalue weighted by molar-refractivity contribution is 0.101. The fourth-order valence-corrected chi connectivity index (χ4v) is 4.91. The monoisotopic (exact) mass is 464 g/mol. The summed E-state index contributed by atoms with van der Waals surface area (Å²) in [6.07, 6.45) is 1.05. The first-order valence-corrected chi connectivity index (χ1v) is 11.9. The van der Waals surface area contributed by atoms with Gasteiger partial charge in [0.2, 0.25) is 0 Å². The van der Waals surface area contributed by atoms with Gasteiger partial charge in [-0.2, -0.15) is 0 Å². The molecule has 7 heteroatoms. The summed E-state index contributed by atoms with van der Waals surface area (Å²) in [7, 11) is 0. The number of aromatic hydroxyl groups is 1. The number of piperazine rings is 1. The highest BCUT2D eigenvalue weighted by atomic mass is 32.1. The largest absolute Gasteiger partial charge is 0.508 e. The first-order valence-electron chi connectivity index (χ1n) is 11.5.